The molecule has 1 aromatic carbocycles. The summed E-state index contributed by atoms with van der Waals surface area (Å²) in [6.45, 7) is 4.37. The van der Waals surface area contributed by atoms with Crippen molar-refractivity contribution >= 4 is 24.2 Å². The predicted molar refractivity (Wildman–Crippen MR) is 103 cm³/mol. The van der Waals surface area contributed by atoms with E-state index in [2.05, 4.69) is 17.4 Å². The molecule has 1 fully saturated rings. The molecule has 2 atom stereocenters. The van der Waals surface area contributed by atoms with E-state index < -0.39 is 0 Å². The zero-order valence-corrected chi connectivity index (χ0v) is 15.8. The monoisotopic (exact) mass is 367 g/mol. The van der Waals surface area contributed by atoms with Crippen molar-refractivity contribution < 1.29 is 9.59 Å². The Labute approximate surface area is 156 Å². The summed E-state index contributed by atoms with van der Waals surface area (Å²) in [5.41, 5.74) is 7.21. The van der Waals surface area contributed by atoms with Crippen LogP contribution >= 0.6 is 12.4 Å². The Morgan fingerprint density at radius 2 is 1.88 bits per heavy atom. The molecule has 3 N–H and O–H groups in total. The average molecular weight is 368 g/mol. The molecule has 0 saturated carbocycles. The van der Waals surface area contributed by atoms with Crippen LogP contribution < -0.4 is 11.1 Å². The lowest BCUT2D eigenvalue weighted by Gasteiger charge is -2.17. The molecule has 0 unspecified atom stereocenters. The number of halogens is 1. The molecule has 1 aliphatic rings. The summed E-state index contributed by atoms with van der Waals surface area (Å²) in [6.07, 6.45) is 3.34. The molecule has 1 aromatic rings. The fourth-order valence-corrected chi connectivity index (χ4v) is 3.39. The molecule has 1 aliphatic heterocycles. The van der Waals surface area contributed by atoms with Crippen LogP contribution in [0.3, 0.4) is 0 Å². The van der Waals surface area contributed by atoms with Gasteiger partial charge in [0.1, 0.15) is 0 Å². The number of nitrogens with zero attached hydrogens (tertiary/aromatic N) is 1. The fourth-order valence-electron chi connectivity index (χ4n) is 3.39. The van der Waals surface area contributed by atoms with Crippen LogP contribution in [0.2, 0.25) is 0 Å². The lowest BCUT2D eigenvalue weighted by molar-refractivity contribution is -0.130. The highest BCUT2D eigenvalue weighted by Gasteiger charge is 2.34. The van der Waals surface area contributed by atoms with Crippen LogP contribution in [-0.4, -0.2) is 42.9 Å². The van der Waals surface area contributed by atoms with E-state index in [9.17, 15) is 9.59 Å². The summed E-state index contributed by atoms with van der Waals surface area (Å²) in [5, 5.41) is 2.78. The Kier molecular flexibility index (Phi) is 9.53. The highest BCUT2D eigenvalue weighted by molar-refractivity contribution is 5.85. The molecular weight excluding hydrogens is 338 g/mol. The van der Waals surface area contributed by atoms with Gasteiger partial charge in [-0.3, -0.25) is 9.59 Å². The second kappa shape index (κ2) is 11.1. The number of unbranched alkanes of at least 4 members (excludes halogenated alkanes) is 2. The summed E-state index contributed by atoms with van der Waals surface area (Å²) >= 11 is 0. The molecule has 0 spiro atoms. The van der Waals surface area contributed by atoms with E-state index in [4.69, 9.17) is 5.73 Å². The van der Waals surface area contributed by atoms with Crippen molar-refractivity contribution in [3.63, 3.8) is 0 Å². The molecule has 25 heavy (non-hydrogen) atoms. The maximum absolute atomic E-state index is 12.4. The third-order valence-electron chi connectivity index (χ3n) is 4.77. The van der Waals surface area contributed by atoms with Crippen LogP contribution in [0.4, 0.5) is 0 Å². The number of amides is 2. The molecule has 2 amide bonds. The van der Waals surface area contributed by atoms with Gasteiger partial charge in [-0.05, 0) is 30.9 Å². The lowest BCUT2D eigenvalue weighted by atomic mass is 9.89. The Balaban J connectivity index is 0.00000312. The summed E-state index contributed by atoms with van der Waals surface area (Å²) in [7, 11) is 0. The Hall–Kier alpha value is -1.59. The fraction of sp³-hybridized carbons (Fsp3) is 0.579. The molecule has 0 bridgehead atoms. The molecule has 0 radical (unpaired) electrons. The summed E-state index contributed by atoms with van der Waals surface area (Å²) in [5.74, 6) is 0.922. The third-order valence-corrected chi connectivity index (χ3v) is 4.77. The first-order valence-corrected chi connectivity index (χ1v) is 8.89. The van der Waals surface area contributed by atoms with E-state index in [0.29, 0.717) is 31.3 Å². The third kappa shape index (κ3) is 6.67. The molecule has 1 heterocycles. The summed E-state index contributed by atoms with van der Waals surface area (Å²) in [4.78, 5) is 25.2. The highest BCUT2D eigenvalue weighted by atomic mass is 35.5. The number of carbonyl (C=O) groups is 2. The van der Waals surface area contributed by atoms with Crippen molar-refractivity contribution in [2.75, 3.05) is 26.2 Å². The van der Waals surface area contributed by atoms with Crippen molar-refractivity contribution in [2.24, 2.45) is 11.7 Å². The van der Waals surface area contributed by atoms with Gasteiger partial charge in [0.2, 0.25) is 11.8 Å². The molecule has 0 aromatic heterocycles. The van der Waals surface area contributed by atoms with E-state index in [-0.39, 0.29) is 24.2 Å². The first-order chi connectivity index (χ1) is 11.6. The van der Waals surface area contributed by atoms with Crippen LogP contribution in [-0.2, 0) is 9.59 Å². The minimum atomic E-state index is 0. The number of nitrogens with one attached hydrogen (secondary N) is 1. The zero-order valence-electron chi connectivity index (χ0n) is 14.9. The van der Waals surface area contributed by atoms with Crippen LogP contribution in [0.25, 0.3) is 0 Å². The number of nitrogens with two attached hydrogens (primary N) is 1. The Morgan fingerprint density at radius 3 is 2.52 bits per heavy atom. The predicted octanol–water partition coefficient (Wildman–Crippen LogP) is 2.31. The van der Waals surface area contributed by atoms with Crippen molar-refractivity contribution in [2.45, 2.75) is 38.5 Å². The average Bonchev–Trinajstić information content (AvgIpc) is 3.03. The molecule has 2 rings (SSSR count). The number of likely N-dealkylation sites (tertiary alicyclic amines) is 1. The molecule has 0 aliphatic carbocycles. The summed E-state index contributed by atoms with van der Waals surface area (Å²) in [6, 6.07) is 10.4. The van der Waals surface area contributed by atoms with E-state index in [1.54, 1.807) is 0 Å². The summed E-state index contributed by atoms with van der Waals surface area (Å²) < 4.78 is 0. The van der Waals surface area contributed by atoms with Crippen LogP contribution in [0.15, 0.2) is 30.3 Å². The van der Waals surface area contributed by atoms with E-state index >= 15 is 0 Å². The Bertz CT molecular complexity index is 539. The van der Waals surface area contributed by atoms with E-state index in [1.165, 1.54) is 12.5 Å². The molecular formula is C19H30ClN3O2. The maximum atomic E-state index is 12.4. The number of hydrogen-bond acceptors (Lipinski definition) is 3. The SMILES string of the molecule is CC(=O)NCCCCCC(=O)N1C[C@@H](CN)[C@H](c2ccccc2)C1.Cl. The van der Waals surface area contributed by atoms with Gasteiger partial charge in [-0.1, -0.05) is 36.8 Å². The van der Waals surface area contributed by atoms with Crippen molar-refractivity contribution in [3.8, 4) is 0 Å². The molecule has 5 nitrogen and oxygen atoms in total. The largest absolute Gasteiger partial charge is 0.356 e. The first kappa shape index (κ1) is 21.5. The van der Waals surface area contributed by atoms with Gasteiger partial charge in [-0.2, -0.15) is 0 Å². The lowest BCUT2D eigenvalue weighted by Crippen LogP contribution is -2.29. The zero-order chi connectivity index (χ0) is 17.4. The van der Waals surface area contributed by atoms with E-state index in [0.717, 1.165) is 32.4 Å². The Morgan fingerprint density at radius 1 is 1.16 bits per heavy atom. The van der Waals surface area contributed by atoms with Gasteiger partial charge in [0, 0.05) is 38.9 Å². The minimum Gasteiger partial charge on any atom is -0.356 e. The van der Waals surface area contributed by atoms with Crippen LogP contribution in [0.5, 0.6) is 0 Å². The molecule has 140 valence electrons. The minimum absolute atomic E-state index is 0. The van der Waals surface area contributed by atoms with Crippen molar-refractivity contribution in [3.05, 3.63) is 35.9 Å². The smallest absolute Gasteiger partial charge is 0.222 e. The standard InChI is InChI=1S/C19H29N3O2.ClH/c1-15(23)21-11-7-3-6-10-19(24)22-13-17(12-20)18(14-22)16-8-4-2-5-9-16;/h2,4-5,8-9,17-18H,3,6-7,10-14,20H2,1H3,(H,21,23);1H/t17-,18+;/m1./s1. The van der Waals surface area contributed by atoms with Gasteiger partial charge < -0.3 is 16.0 Å². The number of hydrogen-bond donors (Lipinski definition) is 2. The van der Waals surface area contributed by atoms with Gasteiger partial charge in [-0.15, -0.1) is 12.4 Å². The van der Waals surface area contributed by atoms with Crippen LogP contribution in [0.1, 0.15) is 44.1 Å². The first-order valence-electron chi connectivity index (χ1n) is 8.89. The van der Waals surface area contributed by atoms with Gasteiger partial charge in [-0.25, -0.2) is 0 Å². The van der Waals surface area contributed by atoms with E-state index in [1.807, 2.05) is 23.1 Å². The quantitative estimate of drug-likeness (QED) is 0.692. The van der Waals surface area contributed by atoms with Gasteiger partial charge >= 0.3 is 0 Å². The molecule has 1 saturated heterocycles. The number of carbonyl (C=O) groups excluding carboxylic acids is 2. The second-order valence-corrected chi connectivity index (χ2v) is 6.61. The maximum Gasteiger partial charge on any atom is 0.222 e. The van der Waals surface area contributed by atoms with Crippen molar-refractivity contribution in [1.82, 2.24) is 10.2 Å². The highest BCUT2D eigenvalue weighted by Crippen LogP contribution is 2.32. The normalized spacial score (nSPS) is 19.4. The van der Waals surface area contributed by atoms with Crippen molar-refractivity contribution in [1.29, 1.82) is 0 Å². The second-order valence-electron chi connectivity index (χ2n) is 6.61. The molecule has 6 heteroatoms. The van der Waals surface area contributed by atoms with Gasteiger partial charge in [0.05, 0.1) is 0 Å². The van der Waals surface area contributed by atoms with Gasteiger partial charge in [0.25, 0.3) is 0 Å². The number of benzene rings is 1. The van der Waals surface area contributed by atoms with Crippen LogP contribution in [0, 0.1) is 5.92 Å². The number of rotatable bonds is 8. The topological polar surface area (TPSA) is 75.4 Å². The van der Waals surface area contributed by atoms with Gasteiger partial charge in [0.15, 0.2) is 0 Å².